The van der Waals surface area contributed by atoms with Crippen molar-refractivity contribution in [1.29, 1.82) is 0 Å². The van der Waals surface area contributed by atoms with Crippen molar-refractivity contribution in [2.24, 2.45) is 5.41 Å². The summed E-state index contributed by atoms with van der Waals surface area (Å²) in [6, 6.07) is 1.76. The lowest BCUT2D eigenvalue weighted by Crippen LogP contribution is -2.34. The van der Waals surface area contributed by atoms with Gasteiger partial charge in [0.2, 0.25) is 0 Å². The van der Waals surface area contributed by atoms with Crippen molar-refractivity contribution < 1.29 is 4.79 Å². The van der Waals surface area contributed by atoms with Gasteiger partial charge < -0.3 is 5.32 Å². The highest BCUT2D eigenvalue weighted by molar-refractivity contribution is 9.10. The third kappa shape index (κ3) is 5.36. The summed E-state index contributed by atoms with van der Waals surface area (Å²) < 4.78 is 0.802. The summed E-state index contributed by atoms with van der Waals surface area (Å²) in [6.07, 6.45) is 5.17. The monoisotopic (exact) mass is 332 g/mol. The van der Waals surface area contributed by atoms with E-state index in [9.17, 15) is 4.79 Å². The largest absolute Gasteiger partial charge is 0.351 e. The average molecular weight is 334 g/mol. The van der Waals surface area contributed by atoms with Crippen LogP contribution in [0.4, 0.5) is 0 Å². The number of halogens is 2. The Kier molecular flexibility index (Phi) is 6.09. The first-order chi connectivity index (χ1) is 8.44. The Labute approximate surface area is 121 Å². The highest BCUT2D eigenvalue weighted by Crippen LogP contribution is 2.21. The zero-order chi connectivity index (χ0) is 13.6. The van der Waals surface area contributed by atoms with Gasteiger partial charge in [-0.3, -0.25) is 9.78 Å². The van der Waals surface area contributed by atoms with Crippen molar-refractivity contribution in [3.8, 4) is 0 Å². The van der Waals surface area contributed by atoms with Crippen LogP contribution in [0.5, 0.6) is 0 Å². The molecular formula is C13H18BrClN2O. The number of alkyl halides is 1. The van der Waals surface area contributed by atoms with Crippen LogP contribution < -0.4 is 5.32 Å². The number of nitrogens with zero attached hydrogens (tertiary/aromatic N) is 1. The summed E-state index contributed by atoms with van der Waals surface area (Å²) >= 11 is 8.98. The smallest absolute Gasteiger partial charge is 0.252 e. The molecule has 5 heteroatoms. The number of nitrogens with one attached hydrogen (secondary N) is 1. The van der Waals surface area contributed by atoms with Gasteiger partial charge in [-0.15, -0.1) is 11.6 Å². The predicted molar refractivity (Wildman–Crippen MR) is 78.0 cm³/mol. The molecule has 1 aromatic heterocycles. The molecule has 0 fully saturated rings. The molecule has 0 bridgehead atoms. The van der Waals surface area contributed by atoms with Crippen molar-refractivity contribution >= 4 is 33.4 Å². The summed E-state index contributed by atoms with van der Waals surface area (Å²) in [5.74, 6) is 0.565. The first-order valence-corrected chi connectivity index (χ1v) is 7.22. The van der Waals surface area contributed by atoms with E-state index in [0.717, 1.165) is 17.3 Å². The number of hydrogen-bond donors (Lipinski definition) is 1. The van der Waals surface area contributed by atoms with Gasteiger partial charge in [-0.05, 0) is 40.3 Å². The minimum atomic E-state index is -0.0947. The van der Waals surface area contributed by atoms with Crippen molar-refractivity contribution in [3.63, 3.8) is 0 Å². The molecular weight excluding hydrogens is 316 g/mol. The highest BCUT2D eigenvalue weighted by atomic mass is 79.9. The second-order valence-corrected chi connectivity index (χ2v) is 6.32. The number of pyridine rings is 1. The van der Waals surface area contributed by atoms with E-state index < -0.39 is 0 Å². The summed E-state index contributed by atoms with van der Waals surface area (Å²) in [4.78, 5) is 15.9. The average Bonchev–Trinajstić information content (AvgIpc) is 2.34. The Bertz CT molecular complexity index is 410. The Morgan fingerprint density at radius 1 is 1.50 bits per heavy atom. The summed E-state index contributed by atoms with van der Waals surface area (Å²) in [7, 11) is 0. The zero-order valence-electron chi connectivity index (χ0n) is 10.7. The molecule has 0 unspecified atom stereocenters. The molecule has 1 heterocycles. The third-order valence-corrected chi connectivity index (χ3v) is 3.38. The molecule has 1 amide bonds. The lowest BCUT2D eigenvalue weighted by atomic mass is 9.88. The predicted octanol–water partition coefficient (Wildman–Crippen LogP) is 3.62. The second kappa shape index (κ2) is 7.10. The van der Waals surface area contributed by atoms with Gasteiger partial charge in [0.15, 0.2) is 0 Å². The first kappa shape index (κ1) is 15.4. The standard InChI is InChI=1S/C13H18BrClN2O/c1-13(2,4-3-5-15)9-17-12(18)10-6-11(14)8-16-7-10/h6-8H,3-5,9H2,1-2H3,(H,17,18). The molecule has 1 rings (SSSR count). The van der Waals surface area contributed by atoms with E-state index >= 15 is 0 Å². The van der Waals surface area contributed by atoms with Gasteiger partial charge in [-0.2, -0.15) is 0 Å². The van der Waals surface area contributed by atoms with Gasteiger partial charge >= 0.3 is 0 Å². The van der Waals surface area contributed by atoms with Crippen molar-refractivity contribution in [1.82, 2.24) is 10.3 Å². The summed E-state index contributed by atoms with van der Waals surface area (Å²) in [5.41, 5.74) is 0.627. The molecule has 0 aliphatic heterocycles. The maximum absolute atomic E-state index is 11.9. The fourth-order valence-electron chi connectivity index (χ4n) is 1.59. The minimum absolute atomic E-state index is 0.0595. The third-order valence-electron chi connectivity index (χ3n) is 2.68. The molecule has 0 radical (unpaired) electrons. The Morgan fingerprint density at radius 2 is 2.22 bits per heavy atom. The van der Waals surface area contributed by atoms with Crippen molar-refractivity contribution in [2.45, 2.75) is 26.7 Å². The number of carbonyl (C=O) groups excluding carboxylic acids is 1. The van der Waals surface area contributed by atoms with Gasteiger partial charge in [0.05, 0.1) is 5.56 Å². The minimum Gasteiger partial charge on any atom is -0.351 e. The van der Waals surface area contributed by atoms with Crippen LogP contribution in [-0.2, 0) is 0 Å². The number of aromatic nitrogens is 1. The molecule has 0 saturated heterocycles. The number of rotatable bonds is 6. The molecule has 3 nitrogen and oxygen atoms in total. The number of amides is 1. The number of carbonyl (C=O) groups is 1. The first-order valence-electron chi connectivity index (χ1n) is 5.89. The van der Waals surface area contributed by atoms with E-state index in [-0.39, 0.29) is 11.3 Å². The SMILES string of the molecule is CC(C)(CCCCl)CNC(=O)c1cncc(Br)c1. The molecule has 0 atom stereocenters. The molecule has 1 aromatic rings. The molecule has 100 valence electrons. The normalized spacial score (nSPS) is 11.3. The molecule has 1 N–H and O–H groups in total. The maximum atomic E-state index is 11.9. The van der Waals surface area contributed by atoms with E-state index in [0.29, 0.717) is 18.0 Å². The second-order valence-electron chi connectivity index (χ2n) is 5.03. The van der Waals surface area contributed by atoms with Crippen LogP contribution in [0.15, 0.2) is 22.9 Å². The van der Waals surface area contributed by atoms with Gasteiger partial charge in [0.1, 0.15) is 0 Å². The highest BCUT2D eigenvalue weighted by Gasteiger charge is 2.18. The van der Waals surface area contributed by atoms with E-state index in [2.05, 4.69) is 40.1 Å². The summed E-state index contributed by atoms with van der Waals surface area (Å²) in [5, 5.41) is 2.93. The van der Waals surface area contributed by atoms with E-state index in [4.69, 9.17) is 11.6 Å². The lowest BCUT2D eigenvalue weighted by Gasteiger charge is -2.24. The van der Waals surface area contributed by atoms with E-state index in [1.165, 1.54) is 0 Å². The Morgan fingerprint density at radius 3 is 2.83 bits per heavy atom. The molecule has 0 aromatic carbocycles. The quantitative estimate of drug-likeness (QED) is 0.808. The van der Waals surface area contributed by atoms with Crippen molar-refractivity contribution in [3.05, 3.63) is 28.5 Å². The topological polar surface area (TPSA) is 42.0 Å². The van der Waals surface area contributed by atoms with E-state index in [1.54, 1.807) is 18.5 Å². The van der Waals surface area contributed by atoms with Crippen LogP contribution in [0.25, 0.3) is 0 Å². The maximum Gasteiger partial charge on any atom is 0.252 e. The molecule has 0 saturated carbocycles. The van der Waals surface area contributed by atoms with Crippen LogP contribution >= 0.6 is 27.5 Å². The fourth-order valence-corrected chi connectivity index (χ4v) is 2.09. The van der Waals surface area contributed by atoms with Crippen LogP contribution in [-0.4, -0.2) is 23.3 Å². The zero-order valence-corrected chi connectivity index (χ0v) is 13.0. The molecule has 0 spiro atoms. The van der Waals surface area contributed by atoms with Crippen LogP contribution in [0.1, 0.15) is 37.0 Å². The van der Waals surface area contributed by atoms with Gasteiger partial charge in [0.25, 0.3) is 5.91 Å². The van der Waals surface area contributed by atoms with E-state index in [1.807, 2.05) is 0 Å². The van der Waals surface area contributed by atoms with Gasteiger partial charge in [-0.1, -0.05) is 13.8 Å². The molecule has 0 aliphatic carbocycles. The Hall–Kier alpha value is -0.610. The Balaban J connectivity index is 2.50. The lowest BCUT2D eigenvalue weighted by molar-refractivity contribution is 0.0934. The van der Waals surface area contributed by atoms with Gasteiger partial charge in [0, 0.05) is 29.3 Å². The molecule has 0 aliphatic rings. The van der Waals surface area contributed by atoms with Crippen LogP contribution in [0.3, 0.4) is 0 Å². The molecule has 18 heavy (non-hydrogen) atoms. The van der Waals surface area contributed by atoms with Crippen LogP contribution in [0.2, 0.25) is 0 Å². The van der Waals surface area contributed by atoms with Gasteiger partial charge in [-0.25, -0.2) is 0 Å². The fraction of sp³-hybridized carbons (Fsp3) is 0.538. The number of hydrogen-bond acceptors (Lipinski definition) is 2. The van der Waals surface area contributed by atoms with Crippen LogP contribution in [0, 0.1) is 5.41 Å². The van der Waals surface area contributed by atoms with Crippen molar-refractivity contribution in [2.75, 3.05) is 12.4 Å². The summed E-state index contributed by atoms with van der Waals surface area (Å²) in [6.45, 7) is 4.88.